The second-order valence-corrected chi connectivity index (χ2v) is 22.0. The summed E-state index contributed by atoms with van der Waals surface area (Å²) in [5.74, 6) is 0. The molecule has 0 rings (SSSR count). The number of unbranched alkanes of at least 4 members (excludes halogenated alkanes) is 1. The van der Waals surface area contributed by atoms with Crippen LogP contribution in [0.1, 0.15) is 26.7 Å². The summed E-state index contributed by atoms with van der Waals surface area (Å²) in [6.45, 7) is 4.36. The summed E-state index contributed by atoms with van der Waals surface area (Å²) >= 11 is -5.44. The molecule has 0 aliphatic rings. The summed E-state index contributed by atoms with van der Waals surface area (Å²) < 4.78 is 29.7. The molecule has 0 aliphatic heterocycles. The van der Waals surface area contributed by atoms with E-state index in [2.05, 4.69) is 13.8 Å². The maximum Gasteiger partial charge on any atom is 0 e. The third kappa shape index (κ3) is 124. The summed E-state index contributed by atoms with van der Waals surface area (Å²) in [6, 6.07) is 0. The van der Waals surface area contributed by atoms with Crippen molar-refractivity contribution in [1.29, 1.82) is 0 Å². The fraction of sp³-hybridized carbons (Fsp3) is 1.00. The minimum Gasteiger partial charge on any atom is 0 e. The van der Waals surface area contributed by atoms with E-state index < -0.39 is 18.1 Å². The minimum atomic E-state index is -5.44. The molecule has 0 atom stereocenters. The van der Waals surface area contributed by atoms with Gasteiger partial charge < -0.3 is 0 Å². The number of hydrogen-bond donors (Lipinski definition) is 0. The topological polar surface area (TPSA) is 0 Å². The molecule has 0 heterocycles. The van der Waals surface area contributed by atoms with Crippen molar-refractivity contribution in [3.05, 3.63) is 0 Å². The molecule has 50 valence electrons. The number of hydrogen-bond acceptors (Lipinski definition) is 0. The SMILES string of the molecule is CCCC.[B]#[La](#[B])(#[B])(#[B])(#[B])#[B].[La]. The standard InChI is InChI=1S/C4H10.6B.2La/c1-3-4-2;;;;;;;;/h3-4H2,1-2H3;;;;;;;;. The predicted molar refractivity (Wildman–Crippen MR) is 55.1 cm³/mol. The zero-order chi connectivity index (χ0) is 9.82. The Bertz CT molecular complexity index is 1240. The second kappa shape index (κ2) is 5.75. The zero-order valence-electron chi connectivity index (χ0n) is 8.03. The minimum absolute atomic E-state index is 0. The van der Waals surface area contributed by atoms with Gasteiger partial charge in [-0.3, -0.25) is 0 Å². The Morgan fingerprint density at radius 2 is 0.833 bits per heavy atom. The Morgan fingerprint density at radius 3 is 0.833 bits per heavy atom. The van der Waals surface area contributed by atoms with Gasteiger partial charge in [-0.1, -0.05) is 26.7 Å². The Hall–Kier alpha value is 2.78. The third-order valence-electron chi connectivity index (χ3n) is 0.500. The Kier molecular flexibility index (Phi) is 9.69. The van der Waals surface area contributed by atoms with Crippen molar-refractivity contribution in [2.75, 3.05) is 0 Å². The molecule has 0 N–H and O–H groups in total. The molecule has 0 unspecified atom stereocenters. The first kappa shape index (κ1) is 20.2. The number of rotatable bonds is 1. The van der Waals surface area contributed by atoms with Crippen LogP contribution < -0.4 is 0 Å². The van der Waals surface area contributed by atoms with Gasteiger partial charge in [0.2, 0.25) is 0 Å². The van der Waals surface area contributed by atoms with E-state index in [0.29, 0.717) is 0 Å². The summed E-state index contributed by atoms with van der Waals surface area (Å²) in [5, 5.41) is 0. The average molecular weight is 401 g/mol. The summed E-state index contributed by atoms with van der Waals surface area (Å²) in [4.78, 5) is 0. The smallest absolute Gasteiger partial charge is 0 e. The van der Waals surface area contributed by atoms with E-state index >= 15 is 0 Å². The first-order valence-corrected chi connectivity index (χ1v) is 16.5. The molecule has 0 aliphatic carbocycles. The average Bonchev–Trinajstić information content (AvgIpc) is 1.57. The van der Waals surface area contributed by atoms with Crippen LogP contribution in [0.2, 0.25) is 0 Å². The van der Waals surface area contributed by atoms with Crippen molar-refractivity contribution in [2.24, 2.45) is 0 Å². The van der Waals surface area contributed by atoms with Crippen LogP contribution >= 0.6 is 0 Å². The fourth-order valence-electron chi connectivity index (χ4n) is 0. The van der Waals surface area contributed by atoms with E-state index in [1.54, 1.807) is 0 Å². The van der Waals surface area contributed by atoms with Gasteiger partial charge in [-0.25, -0.2) is 0 Å². The van der Waals surface area contributed by atoms with E-state index in [0.717, 1.165) is 0 Å². The molecule has 0 saturated heterocycles. The van der Waals surface area contributed by atoms with Crippen molar-refractivity contribution >= 4 is 19.8 Å². The van der Waals surface area contributed by atoms with E-state index in [9.17, 15) is 0 Å². The van der Waals surface area contributed by atoms with Gasteiger partial charge in [-0.15, -0.1) is 0 Å². The Morgan fingerprint density at radius 1 is 0.750 bits per heavy atom. The van der Waals surface area contributed by atoms with E-state index in [1.807, 2.05) is 0 Å². The molecule has 0 aromatic heterocycles. The van der Waals surface area contributed by atoms with Gasteiger partial charge in [-0.2, -0.15) is 0 Å². The molecule has 0 bridgehead atoms. The van der Waals surface area contributed by atoms with Crippen molar-refractivity contribution < 1.29 is 53.7 Å². The largest absolute Gasteiger partial charge is 0 e. The molecule has 0 fully saturated rings. The summed E-state index contributed by atoms with van der Waals surface area (Å²) in [6.07, 6.45) is 2.64. The molecule has 0 saturated carbocycles. The van der Waals surface area contributed by atoms with Crippen LogP contribution in [0.3, 0.4) is 0 Å². The maximum absolute atomic E-state index is 5.44. The van der Waals surface area contributed by atoms with E-state index in [4.69, 9.17) is 19.8 Å². The van der Waals surface area contributed by atoms with Gasteiger partial charge in [0.15, 0.2) is 0 Å². The monoisotopic (exact) mass is 402 g/mol. The van der Waals surface area contributed by atoms with Gasteiger partial charge in [-0.05, 0) is 0 Å². The third-order valence-corrected chi connectivity index (χ3v) is 0.500. The molecule has 1 radical (unpaired) electrons. The van der Waals surface area contributed by atoms with Crippen LogP contribution in [0.25, 0.3) is 0 Å². The van der Waals surface area contributed by atoms with Gasteiger partial charge >= 0.3 is 37.9 Å². The first-order valence-electron chi connectivity index (χ1n) is 3.91. The van der Waals surface area contributed by atoms with Crippen molar-refractivity contribution in [1.82, 2.24) is 0 Å². The normalized spacial score (nSPS) is 16.5. The predicted octanol–water partition coefficient (Wildman–Crippen LogP) is -0.478. The quantitative estimate of drug-likeness (QED) is 0.522. The summed E-state index contributed by atoms with van der Waals surface area (Å²) in [5.41, 5.74) is 0. The van der Waals surface area contributed by atoms with Crippen LogP contribution in [0.5, 0.6) is 0 Å². The molecule has 0 amide bonds. The van der Waals surface area contributed by atoms with Crippen molar-refractivity contribution in [2.45, 2.75) is 26.7 Å². The molecular formula is C4H10B6La2. The molecular weight excluding hydrogens is 391 g/mol. The van der Waals surface area contributed by atoms with Gasteiger partial charge in [0.05, 0.1) is 0 Å². The van der Waals surface area contributed by atoms with Crippen molar-refractivity contribution in [3.8, 4) is 0 Å². The van der Waals surface area contributed by atoms with Crippen LogP contribution in [0, 0.1) is 53.7 Å². The van der Waals surface area contributed by atoms with Gasteiger partial charge in [0.25, 0.3) is 0 Å². The van der Waals surface area contributed by atoms with Crippen molar-refractivity contribution in [3.63, 3.8) is 0 Å². The maximum atomic E-state index is 4.94. The Labute approximate surface area is 97.8 Å². The van der Waals surface area contributed by atoms with Crippen LogP contribution in [-0.4, -0.2) is 19.8 Å². The van der Waals surface area contributed by atoms with Gasteiger partial charge in [0, 0.05) is 35.6 Å². The van der Waals surface area contributed by atoms with Crippen LogP contribution in [0.4, 0.5) is 0 Å². The van der Waals surface area contributed by atoms with Crippen LogP contribution in [0.15, 0.2) is 0 Å². The zero-order valence-corrected chi connectivity index (χ0v) is 15.3. The van der Waals surface area contributed by atoms with E-state index in [1.165, 1.54) is 12.8 Å². The van der Waals surface area contributed by atoms with Gasteiger partial charge in [0.1, 0.15) is 0 Å². The van der Waals surface area contributed by atoms with E-state index in [-0.39, 0.29) is 35.6 Å². The first-order chi connectivity index (χ1) is 4.36. The molecule has 0 aromatic rings. The van der Waals surface area contributed by atoms with Crippen LogP contribution in [-0.2, 0) is 0 Å². The molecule has 0 nitrogen and oxygen atoms in total. The molecule has 8 heteroatoms. The molecule has 12 heavy (non-hydrogen) atoms. The Balaban J connectivity index is -0.000000142. The fourth-order valence-corrected chi connectivity index (χ4v) is 0. The summed E-state index contributed by atoms with van der Waals surface area (Å²) in [7, 11) is 0. The molecule has 0 aromatic carbocycles. The molecule has 0 spiro atoms. The second-order valence-electron chi connectivity index (χ2n) is 3.89.